The van der Waals surface area contributed by atoms with Gasteiger partial charge < -0.3 is 9.47 Å². The Bertz CT molecular complexity index is 835. The quantitative estimate of drug-likeness (QED) is 0.163. The summed E-state index contributed by atoms with van der Waals surface area (Å²) in [7, 11) is 0. The van der Waals surface area contributed by atoms with E-state index in [-0.39, 0.29) is 12.1 Å². The molecule has 0 spiro atoms. The van der Waals surface area contributed by atoms with Gasteiger partial charge in [0.15, 0.2) is 0 Å². The standard InChI is InChI=1S/C40H69NO3/c1-5-40(42)44-31(4)28-43-39-26-14-33(15-27-39)11-10-32-12-22-37(23-13-32)41(36-20-8-30(3)9-21-36)38-24-18-35(19-25-38)34-16-6-29(2)7-17-34/h5,29-39H,1,6-28H2,2-4H3. The minimum absolute atomic E-state index is 0.202. The van der Waals surface area contributed by atoms with Gasteiger partial charge in [-0.25, -0.2) is 4.79 Å². The molecule has 5 aliphatic rings. The highest BCUT2D eigenvalue weighted by atomic mass is 16.6. The summed E-state index contributed by atoms with van der Waals surface area (Å²) in [5.74, 6) is 5.49. The highest BCUT2D eigenvalue weighted by Crippen LogP contribution is 2.44. The predicted molar refractivity (Wildman–Crippen MR) is 183 cm³/mol. The second-order valence-electron chi connectivity index (χ2n) is 16.6. The van der Waals surface area contributed by atoms with Crippen molar-refractivity contribution in [3.63, 3.8) is 0 Å². The molecule has 0 saturated heterocycles. The molecule has 0 bridgehead atoms. The molecule has 0 aromatic rings. The third-order valence-electron chi connectivity index (χ3n) is 13.4. The first-order valence-corrected chi connectivity index (χ1v) is 19.6. The number of hydrogen-bond acceptors (Lipinski definition) is 4. The first-order valence-electron chi connectivity index (χ1n) is 19.6. The number of carbonyl (C=O) groups is 1. The predicted octanol–water partition coefficient (Wildman–Crippen LogP) is 10.3. The van der Waals surface area contributed by atoms with Crippen LogP contribution in [0.2, 0.25) is 0 Å². The van der Waals surface area contributed by atoms with Crippen LogP contribution < -0.4 is 0 Å². The van der Waals surface area contributed by atoms with Gasteiger partial charge in [0, 0.05) is 24.2 Å². The largest absolute Gasteiger partial charge is 0.457 e. The van der Waals surface area contributed by atoms with Gasteiger partial charge in [0.25, 0.3) is 0 Å². The zero-order valence-corrected chi connectivity index (χ0v) is 29.1. The Morgan fingerprint density at radius 2 is 1.07 bits per heavy atom. The van der Waals surface area contributed by atoms with Crippen molar-refractivity contribution in [2.75, 3.05) is 6.61 Å². The van der Waals surface area contributed by atoms with E-state index < -0.39 is 0 Å². The van der Waals surface area contributed by atoms with Crippen LogP contribution >= 0.6 is 0 Å². The van der Waals surface area contributed by atoms with Crippen molar-refractivity contribution in [2.45, 2.75) is 192 Å². The molecule has 0 aromatic heterocycles. The Morgan fingerprint density at radius 3 is 1.57 bits per heavy atom. The first kappa shape index (κ1) is 34.5. The van der Waals surface area contributed by atoms with E-state index in [1.54, 1.807) is 0 Å². The molecule has 0 heterocycles. The van der Waals surface area contributed by atoms with Crippen molar-refractivity contribution < 1.29 is 14.3 Å². The first-order chi connectivity index (χ1) is 21.4. The lowest BCUT2D eigenvalue weighted by atomic mass is 9.70. The summed E-state index contributed by atoms with van der Waals surface area (Å²) in [6.45, 7) is 10.8. The average Bonchev–Trinajstić information content (AvgIpc) is 3.05. The number of carbonyl (C=O) groups excluding carboxylic acids is 1. The zero-order valence-electron chi connectivity index (χ0n) is 29.1. The van der Waals surface area contributed by atoms with Crippen LogP contribution in [-0.4, -0.2) is 47.8 Å². The molecule has 0 aromatic carbocycles. The fourth-order valence-electron chi connectivity index (χ4n) is 10.4. The zero-order chi connectivity index (χ0) is 30.9. The van der Waals surface area contributed by atoms with Gasteiger partial charge in [0.05, 0.1) is 12.7 Å². The monoisotopic (exact) mass is 612 g/mol. The van der Waals surface area contributed by atoms with E-state index in [2.05, 4.69) is 25.3 Å². The summed E-state index contributed by atoms with van der Waals surface area (Å²) < 4.78 is 11.4. The summed E-state index contributed by atoms with van der Waals surface area (Å²) in [6.07, 6.45) is 32.9. The highest BCUT2D eigenvalue weighted by molar-refractivity contribution is 5.81. The topological polar surface area (TPSA) is 38.8 Å². The minimum atomic E-state index is -0.359. The molecule has 0 N–H and O–H groups in total. The van der Waals surface area contributed by atoms with Gasteiger partial charge in [0.2, 0.25) is 0 Å². The molecule has 252 valence electrons. The second-order valence-corrected chi connectivity index (χ2v) is 16.6. The van der Waals surface area contributed by atoms with E-state index in [0.29, 0.717) is 12.7 Å². The SMILES string of the molecule is C=CC(=O)OC(C)COC1CCC(CCC2CCC(N(C3CCC(C)CC3)C3CCC(C4CCC(C)CC4)CC3)CC2)CC1. The smallest absolute Gasteiger partial charge is 0.330 e. The second kappa shape index (κ2) is 17.3. The molecular weight excluding hydrogens is 542 g/mol. The van der Waals surface area contributed by atoms with Gasteiger partial charge in [-0.15, -0.1) is 0 Å². The Labute approximate surface area is 271 Å². The van der Waals surface area contributed by atoms with Gasteiger partial charge in [-0.3, -0.25) is 4.90 Å². The molecule has 0 amide bonds. The van der Waals surface area contributed by atoms with Gasteiger partial charge in [-0.05, 0) is 158 Å². The Hall–Kier alpha value is -0.870. The van der Waals surface area contributed by atoms with E-state index in [1.165, 1.54) is 134 Å². The summed E-state index contributed by atoms with van der Waals surface area (Å²) in [6, 6.07) is 2.62. The van der Waals surface area contributed by atoms with Crippen molar-refractivity contribution in [3.05, 3.63) is 12.7 Å². The fourth-order valence-corrected chi connectivity index (χ4v) is 10.4. The van der Waals surface area contributed by atoms with Gasteiger partial charge in [0.1, 0.15) is 6.10 Å². The van der Waals surface area contributed by atoms with E-state index in [1.807, 2.05) is 6.92 Å². The maximum Gasteiger partial charge on any atom is 0.330 e. The molecular formula is C40H69NO3. The van der Waals surface area contributed by atoms with Crippen LogP contribution in [0.25, 0.3) is 0 Å². The van der Waals surface area contributed by atoms with Crippen molar-refractivity contribution in [1.82, 2.24) is 4.90 Å². The molecule has 1 unspecified atom stereocenters. The van der Waals surface area contributed by atoms with E-state index >= 15 is 0 Å². The molecule has 0 radical (unpaired) electrons. The normalized spacial score (nSPS) is 39.5. The number of esters is 1. The molecule has 5 fully saturated rings. The number of hydrogen-bond donors (Lipinski definition) is 0. The van der Waals surface area contributed by atoms with Crippen molar-refractivity contribution >= 4 is 5.97 Å². The molecule has 4 nitrogen and oxygen atoms in total. The average molecular weight is 612 g/mol. The maximum absolute atomic E-state index is 11.4. The number of nitrogens with zero attached hydrogens (tertiary/aromatic N) is 1. The molecule has 1 atom stereocenters. The lowest BCUT2D eigenvalue weighted by molar-refractivity contribution is -0.146. The molecule has 4 heteroatoms. The molecule has 5 rings (SSSR count). The van der Waals surface area contributed by atoms with Crippen LogP contribution in [0.1, 0.15) is 162 Å². The Kier molecular flexibility index (Phi) is 13.6. The van der Waals surface area contributed by atoms with Crippen LogP contribution in [0.5, 0.6) is 0 Å². The summed E-state index contributed by atoms with van der Waals surface area (Å²) in [5, 5.41) is 0. The van der Waals surface area contributed by atoms with E-state index in [9.17, 15) is 4.79 Å². The van der Waals surface area contributed by atoms with Crippen LogP contribution in [0.4, 0.5) is 0 Å². The highest BCUT2D eigenvalue weighted by Gasteiger charge is 2.39. The van der Waals surface area contributed by atoms with Crippen molar-refractivity contribution in [2.24, 2.45) is 35.5 Å². The molecule has 5 aliphatic carbocycles. The minimum Gasteiger partial charge on any atom is -0.457 e. The van der Waals surface area contributed by atoms with Crippen LogP contribution in [-0.2, 0) is 14.3 Å². The molecule has 44 heavy (non-hydrogen) atoms. The summed E-state index contributed by atoms with van der Waals surface area (Å²) in [5.41, 5.74) is 0. The third-order valence-corrected chi connectivity index (χ3v) is 13.4. The van der Waals surface area contributed by atoms with E-state index in [0.717, 1.165) is 66.5 Å². The van der Waals surface area contributed by atoms with Crippen LogP contribution in [0, 0.1) is 35.5 Å². The van der Waals surface area contributed by atoms with Crippen molar-refractivity contribution in [3.8, 4) is 0 Å². The van der Waals surface area contributed by atoms with Gasteiger partial charge in [-0.2, -0.15) is 0 Å². The lowest BCUT2D eigenvalue weighted by Crippen LogP contribution is -2.53. The summed E-state index contributed by atoms with van der Waals surface area (Å²) in [4.78, 5) is 14.6. The Morgan fingerprint density at radius 1 is 0.659 bits per heavy atom. The summed E-state index contributed by atoms with van der Waals surface area (Å²) >= 11 is 0. The van der Waals surface area contributed by atoms with Gasteiger partial charge in [-0.1, -0.05) is 46.1 Å². The Balaban J connectivity index is 1.03. The maximum atomic E-state index is 11.4. The third kappa shape index (κ3) is 10.1. The fraction of sp³-hybridized carbons (Fsp3) is 0.925. The van der Waals surface area contributed by atoms with Crippen LogP contribution in [0.3, 0.4) is 0 Å². The number of rotatable bonds is 12. The molecule has 0 aliphatic heterocycles. The lowest BCUT2D eigenvalue weighted by Gasteiger charge is -2.50. The van der Waals surface area contributed by atoms with Crippen LogP contribution in [0.15, 0.2) is 12.7 Å². The van der Waals surface area contributed by atoms with E-state index in [4.69, 9.17) is 9.47 Å². The van der Waals surface area contributed by atoms with Crippen molar-refractivity contribution in [1.29, 1.82) is 0 Å². The molecule has 5 saturated carbocycles. The number of ether oxygens (including phenoxy) is 2. The van der Waals surface area contributed by atoms with Gasteiger partial charge >= 0.3 is 5.97 Å².